The van der Waals surface area contributed by atoms with E-state index in [1.54, 1.807) is 4.90 Å². The number of benzene rings is 2. The number of piperidine rings is 2. The van der Waals surface area contributed by atoms with Crippen molar-refractivity contribution < 1.29 is 19.2 Å². The van der Waals surface area contributed by atoms with E-state index in [1.807, 2.05) is 42.2 Å². The van der Waals surface area contributed by atoms with Gasteiger partial charge in [-0.3, -0.25) is 24.5 Å². The molecule has 2 aromatic carbocycles. The van der Waals surface area contributed by atoms with Crippen LogP contribution in [-0.4, -0.2) is 65.6 Å². The van der Waals surface area contributed by atoms with Gasteiger partial charge in [0.1, 0.15) is 6.04 Å². The van der Waals surface area contributed by atoms with Gasteiger partial charge in [-0.1, -0.05) is 35.9 Å². The van der Waals surface area contributed by atoms with E-state index in [4.69, 9.17) is 0 Å². The standard InChI is InChI=1S/C29H32N4O4/c1-19-4-2-5-20(14-19)15-26(35)31-12-10-29(11-13-31)17-32(18-29)23-7-3-6-21-22(23)16-33(28(21)37)24-8-9-25(34)30-27(24)36/h2-7,14,24H,8-13,15-18H2,1H3,(H,30,34,36). The summed E-state index contributed by atoms with van der Waals surface area (Å²) in [5.74, 6) is -0.600. The van der Waals surface area contributed by atoms with Gasteiger partial charge in [-0.2, -0.15) is 0 Å². The van der Waals surface area contributed by atoms with Crippen LogP contribution in [0.5, 0.6) is 0 Å². The maximum Gasteiger partial charge on any atom is 0.255 e. The Balaban J connectivity index is 1.08. The lowest BCUT2D eigenvalue weighted by atomic mass is 9.71. The zero-order valence-electron chi connectivity index (χ0n) is 21.2. The molecule has 1 spiro atoms. The van der Waals surface area contributed by atoms with Gasteiger partial charge in [0.2, 0.25) is 17.7 Å². The first kappa shape index (κ1) is 23.7. The summed E-state index contributed by atoms with van der Waals surface area (Å²) in [6, 6.07) is 13.4. The highest BCUT2D eigenvalue weighted by molar-refractivity contribution is 6.06. The number of nitrogens with one attached hydrogen (secondary N) is 1. The molecule has 0 aromatic heterocycles. The van der Waals surface area contributed by atoms with Crippen molar-refractivity contribution in [2.45, 2.75) is 51.6 Å². The summed E-state index contributed by atoms with van der Waals surface area (Å²) in [5, 5.41) is 2.37. The number of amides is 4. The number of carbonyl (C=O) groups is 4. The number of fused-ring (bicyclic) bond motifs is 1. The maximum atomic E-state index is 13.2. The van der Waals surface area contributed by atoms with E-state index in [0.29, 0.717) is 24.9 Å². The molecule has 6 rings (SSSR count). The van der Waals surface area contributed by atoms with Gasteiger partial charge >= 0.3 is 0 Å². The third-order valence-electron chi connectivity index (χ3n) is 8.57. The average molecular weight is 501 g/mol. The van der Waals surface area contributed by atoms with Crippen LogP contribution in [0.1, 0.15) is 52.7 Å². The molecule has 192 valence electrons. The van der Waals surface area contributed by atoms with Gasteiger partial charge in [-0.05, 0) is 43.9 Å². The van der Waals surface area contributed by atoms with Crippen molar-refractivity contribution in [1.29, 1.82) is 0 Å². The zero-order valence-corrected chi connectivity index (χ0v) is 21.2. The number of hydrogen-bond donors (Lipinski definition) is 1. The van der Waals surface area contributed by atoms with Crippen LogP contribution in [0.15, 0.2) is 42.5 Å². The second kappa shape index (κ2) is 9.01. The first-order valence-electron chi connectivity index (χ1n) is 13.2. The number of likely N-dealkylation sites (tertiary alicyclic amines) is 1. The van der Waals surface area contributed by atoms with Gasteiger partial charge in [0.25, 0.3) is 5.91 Å². The maximum absolute atomic E-state index is 13.2. The third-order valence-corrected chi connectivity index (χ3v) is 8.57. The number of hydrogen-bond acceptors (Lipinski definition) is 5. The molecule has 37 heavy (non-hydrogen) atoms. The summed E-state index contributed by atoms with van der Waals surface area (Å²) in [6.45, 7) is 5.83. The van der Waals surface area contributed by atoms with Crippen LogP contribution in [0.4, 0.5) is 5.69 Å². The van der Waals surface area contributed by atoms with Crippen molar-refractivity contribution in [2.75, 3.05) is 31.1 Å². The minimum atomic E-state index is -0.602. The summed E-state index contributed by atoms with van der Waals surface area (Å²) in [4.78, 5) is 56.0. The van der Waals surface area contributed by atoms with Gasteiger partial charge in [-0.15, -0.1) is 0 Å². The fourth-order valence-electron chi connectivity index (χ4n) is 6.45. The molecule has 0 bridgehead atoms. The van der Waals surface area contributed by atoms with Crippen LogP contribution in [0.3, 0.4) is 0 Å². The van der Waals surface area contributed by atoms with Crippen molar-refractivity contribution in [3.63, 3.8) is 0 Å². The van der Waals surface area contributed by atoms with Crippen molar-refractivity contribution in [3.05, 3.63) is 64.7 Å². The molecule has 3 saturated heterocycles. The van der Waals surface area contributed by atoms with Crippen LogP contribution in [-0.2, 0) is 27.3 Å². The summed E-state index contributed by atoms with van der Waals surface area (Å²) in [7, 11) is 0. The first-order valence-corrected chi connectivity index (χ1v) is 13.2. The molecule has 0 saturated carbocycles. The molecule has 1 atom stereocenters. The lowest BCUT2D eigenvalue weighted by molar-refractivity contribution is -0.137. The van der Waals surface area contributed by atoms with E-state index in [-0.39, 0.29) is 35.5 Å². The van der Waals surface area contributed by atoms with E-state index in [1.165, 1.54) is 5.56 Å². The third kappa shape index (κ3) is 4.28. The van der Waals surface area contributed by atoms with Gasteiger partial charge < -0.3 is 14.7 Å². The SMILES string of the molecule is Cc1cccc(CC(=O)N2CCC3(CC2)CN(c2cccc4c2CN(C2CCC(=O)NC2=O)C4=O)C3)c1. The van der Waals surface area contributed by atoms with Crippen molar-refractivity contribution in [3.8, 4) is 0 Å². The predicted molar refractivity (Wildman–Crippen MR) is 138 cm³/mol. The molecule has 0 radical (unpaired) electrons. The fourth-order valence-corrected chi connectivity index (χ4v) is 6.45. The molecule has 1 unspecified atom stereocenters. The largest absolute Gasteiger partial charge is 0.370 e. The quantitative estimate of drug-likeness (QED) is 0.652. The lowest BCUT2D eigenvalue weighted by Crippen LogP contribution is -2.61. The van der Waals surface area contributed by atoms with Crippen LogP contribution < -0.4 is 10.2 Å². The molecule has 4 heterocycles. The van der Waals surface area contributed by atoms with Gasteiger partial charge in [0.05, 0.1) is 6.42 Å². The number of aryl methyl sites for hydroxylation is 1. The molecule has 1 N–H and O–H groups in total. The minimum absolute atomic E-state index is 0.137. The van der Waals surface area contributed by atoms with Crippen molar-refractivity contribution in [1.82, 2.24) is 15.1 Å². The molecule has 8 heteroatoms. The number of imide groups is 1. The number of nitrogens with zero attached hydrogens (tertiary/aromatic N) is 3. The average Bonchev–Trinajstić information content (AvgIpc) is 3.19. The Morgan fingerprint density at radius 2 is 1.81 bits per heavy atom. The topological polar surface area (TPSA) is 90.0 Å². The molecule has 3 fully saturated rings. The normalized spacial score (nSPS) is 22.7. The number of rotatable bonds is 4. The van der Waals surface area contributed by atoms with E-state index < -0.39 is 6.04 Å². The van der Waals surface area contributed by atoms with Crippen molar-refractivity contribution in [2.24, 2.45) is 5.41 Å². The Bertz CT molecular complexity index is 1290. The van der Waals surface area contributed by atoms with E-state index in [2.05, 4.69) is 22.3 Å². The highest BCUT2D eigenvalue weighted by Crippen LogP contribution is 2.45. The molecule has 0 aliphatic carbocycles. The molecule has 8 nitrogen and oxygen atoms in total. The van der Waals surface area contributed by atoms with Crippen LogP contribution >= 0.6 is 0 Å². The number of carbonyl (C=O) groups excluding carboxylic acids is 4. The summed E-state index contributed by atoms with van der Waals surface area (Å²) < 4.78 is 0. The molecular formula is C29H32N4O4. The Kier molecular flexibility index (Phi) is 5.77. The Morgan fingerprint density at radius 3 is 2.54 bits per heavy atom. The second-order valence-electron chi connectivity index (χ2n) is 11.1. The fraction of sp³-hybridized carbons (Fsp3) is 0.448. The predicted octanol–water partition coefficient (Wildman–Crippen LogP) is 2.43. The van der Waals surface area contributed by atoms with Gasteiger partial charge in [0, 0.05) is 61.4 Å². The molecule has 2 aromatic rings. The summed E-state index contributed by atoms with van der Waals surface area (Å²) in [6.07, 6.45) is 3.04. The van der Waals surface area contributed by atoms with Crippen LogP contribution in [0.25, 0.3) is 0 Å². The summed E-state index contributed by atoms with van der Waals surface area (Å²) in [5.41, 5.74) is 5.13. The highest BCUT2D eigenvalue weighted by atomic mass is 16.2. The Hall–Kier alpha value is -3.68. The zero-order chi connectivity index (χ0) is 25.7. The van der Waals surface area contributed by atoms with Crippen molar-refractivity contribution >= 4 is 29.3 Å². The smallest absolute Gasteiger partial charge is 0.255 e. The Labute approximate surface area is 216 Å². The number of anilines is 1. The van der Waals surface area contributed by atoms with E-state index in [0.717, 1.165) is 55.8 Å². The van der Waals surface area contributed by atoms with E-state index >= 15 is 0 Å². The minimum Gasteiger partial charge on any atom is -0.370 e. The molecule has 4 aliphatic rings. The van der Waals surface area contributed by atoms with Crippen LogP contribution in [0, 0.1) is 12.3 Å². The highest BCUT2D eigenvalue weighted by Gasteiger charge is 2.47. The van der Waals surface area contributed by atoms with E-state index in [9.17, 15) is 19.2 Å². The second-order valence-corrected chi connectivity index (χ2v) is 11.1. The first-order chi connectivity index (χ1) is 17.8. The summed E-state index contributed by atoms with van der Waals surface area (Å²) >= 11 is 0. The molecule has 4 aliphatic heterocycles. The molecule has 4 amide bonds. The lowest BCUT2D eigenvalue weighted by Gasteiger charge is -2.55. The van der Waals surface area contributed by atoms with Gasteiger partial charge in [-0.25, -0.2) is 0 Å². The Morgan fingerprint density at radius 1 is 1.05 bits per heavy atom. The van der Waals surface area contributed by atoms with Crippen LogP contribution in [0.2, 0.25) is 0 Å². The van der Waals surface area contributed by atoms with Gasteiger partial charge in [0.15, 0.2) is 0 Å². The molecular weight excluding hydrogens is 468 g/mol. The monoisotopic (exact) mass is 500 g/mol.